The molecule has 0 saturated carbocycles. The number of hydrogen-bond acceptors (Lipinski definition) is 6. The minimum Gasteiger partial charge on any atom is -0.339 e. The Labute approximate surface area is 229 Å². The molecule has 2 aromatic heterocycles. The Balaban J connectivity index is 1.15. The van der Waals surface area contributed by atoms with E-state index in [0.29, 0.717) is 38.0 Å². The van der Waals surface area contributed by atoms with E-state index in [2.05, 4.69) is 14.8 Å². The second kappa shape index (κ2) is 11.9. The summed E-state index contributed by atoms with van der Waals surface area (Å²) in [4.78, 5) is 30.4. The van der Waals surface area contributed by atoms with Crippen LogP contribution in [0.3, 0.4) is 0 Å². The third-order valence-electron chi connectivity index (χ3n) is 6.49. The van der Waals surface area contributed by atoms with Crippen LogP contribution in [0.1, 0.15) is 30.1 Å². The first-order valence-corrected chi connectivity index (χ1v) is 14.4. The quantitative estimate of drug-likeness (QED) is 0.218. The molecule has 1 saturated heterocycles. The highest BCUT2D eigenvalue weighted by Gasteiger charge is 2.30. The normalized spacial score (nSPS) is 15.6. The van der Waals surface area contributed by atoms with E-state index in [4.69, 9.17) is 0 Å². The average Bonchev–Trinajstić information content (AvgIpc) is 3.62. The molecule has 5 rings (SSSR count). The molecule has 1 aliphatic heterocycles. The van der Waals surface area contributed by atoms with Gasteiger partial charge in [-0.1, -0.05) is 36.0 Å². The lowest BCUT2D eigenvalue weighted by Gasteiger charge is -2.40. The first kappa shape index (κ1) is 26.1. The molecule has 1 aliphatic rings. The second-order valence-electron chi connectivity index (χ2n) is 9.10. The number of carbonyl (C=O) groups excluding carboxylic acids is 2. The third kappa shape index (κ3) is 5.81. The molecule has 10 heteroatoms. The monoisotopic (exact) mass is 549 g/mol. The second-order valence-corrected chi connectivity index (χ2v) is 11.1. The molecule has 1 atom stereocenters. The van der Waals surface area contributed by atoms with Crippen molar-refractivity contribution in [1.82, 2.24) is 24.6 Å². The first-order valence-electron chi connectivity index (χ1n) is 12.5. The predicted octanol–water partition coefficient (Wildman–Crippen LogP) is 5.38. The summed E-state index contributed by atoms with van der Waals surface area (Å²) in [5.74, 6) is 1.14. The van der Waals surface area contributed by atoms with Gasteiger partial charge in [-0.25, -0.2) is 4.39 Å². The number of hydrogen-bond donors (Lipinski definition) is 0. The van der Waals surface area contributed by atoms with Crippen molar-refractivity contribution in [3.05, 3.63) is 83.5 Å². The minimum absolute atomic E-state index is 0.0927. The molecule has 2 amide bonds. The molecule has 4 aromatic rings. The van der Waals surface area contributed by atoms with E-state index in [-0.39, 0.29) is 23.7 Å². The van der Waals surface area contributed by atoms with Crippen LogP contribution in [0.5, 0.6) is 0 Å². The lowest BCUT2D eigenvalue weighted by atomic mass is 10.1. The van der Waals surface area contributed by atoms with Crippen molar-refractivity contribution in [1.29, 1.82) is 0 Å². The van der Waals surface area contributed by atoms with Crippen molar-refractivity contribution in [2.75, 3.05) is 25.4 Å². The number of nitrogens with zero attached hydrogens (tertiary/aromatic N) is 5. The Morgan fingerprint density at radius 1 is 1.03 bits per heavy atom. The van der Waals surface area contributed by atoms with Gasteiger partial charge >= 0.3 is 0 Å². The van der Waals surface area contributed by atoms with Crippen molar-refractivity contribution in [3.8, 4) is 16.4 Å². The molecule has 2 aromatic carbocycles. The number of thiophene rings is 1. The standard InChI is InChI=1S/C28H28FN5O2S2/c1-20-19-32(15-16-33(20)27(36)21-11-13-22(29)14-12-21)25(35)10-6-18-38-28-31-30-26(24-9-5-17-37-24)34(28)23-7-3-2-4-8-23/h2-5,7-9,11-14,17,20H,6,10,15-16,18-19H2,1H3. The zero-order valence-corrected chi connectivity index (χ0v) is 22.6. The summed E-state index contributed by atoms with van der Waals surface area (Å²) in [5.41, 5.74) is 1.46. The van der Waals surface area contributed by atoms with Crippen molar-refractivity contribution >= 4 is 34.9 Å². The Morgan fingerprint density at radius 3 is 2.53 bits per heavy atom. The van der Waals surface area contributed by atoms with Gasteiger partial charge in [0.15, 0.2) is 11.0 Å². The molecule has 3 heterocycles. The Kier molecular flexibility index (Phi) is 8.19. The van der Waals surface area contributed by atoms with Crippen molar-refractivity contribution in [3.63, 3.8) is 0 Å². The van der Waals surface area contributed by atoms with Gasteiger partial charge in [0.05, 0.1) is 4.88 Å². The smallest absolute Gasteiger partial charge is 0.254 e. The number of halogens is 1. The molecular weight excluding hydrogens is 521 g/mol. The summed E-state index contributed by atoms with van der Waals surface area (Å²) in [6, 6.07) is 19.6. The summed E-state index contributed by atoms with van der Waals surface area (Å²) in [7, 11) is 0. The van der Waals surface area contributed by atoms with Gasteiger partial charge in [0, 0.05) is 49.1 Å². The topological polar surface area (TPSA) is 71.3 Å². The van der Waals surface area contributed by atoms with Gasteiger partial charge in [0.25, 0.3) is 5.91 Å². The minimum atomic E-state index is -0.369. The maximum atomic E-state index is 13.2. The predicted molar refractivity (Wildman–Crippen MR) is 148 cm³/mol. The van der Waals surface area contributed by atoms with Crippen LogP contribution in [0.2, 0.25) is 0 Å². The van der Waals surface area contributed by atoms with Gasteiger partial charge in [0.2, 0.25) is 5.91 Å². The van der Waals surface area contributed by atoms with Gasteiger partial charge < -0.3 is 9.80 Å². The van der Waals surface area contributed by atoms with E-state index in [1.165, 1.54) is 24.3 Å². The van der Waals surface area contributed by atoms with Crippen LogP contribution in [0.4, 0.5) is 4.39 Å². The fourth-order valence-electron chi connectivity index (χ4n) is 4.53. The largest absolute Gasteiger partial charge is 0.339 e. The van der Waals surface area contributed by atoms with E-state index >= 15 is 0 Å². The Morgan fingerprint density at radius 2 is 1.82 bits per heavy atom. The fraction of sp³-hybridized carbons (Fsp3) is 0.286. The molecule has 0 radical (unpaired) electrons. The molecule has 0 bridgehead atoms. The van der Waals surface area contributed by atoms with E-state index < -0.39 is 0 Å². The fourth-order valence-corrected chi connectivity index (χ4v) is 6.12. The molecule has 0 spiro atoms. The van der Waals surface area contributed by atoms with Gasteiger partial charge in [-0.15, -0.1) is 21.5 Å². The number of benzene rings is 2. The highest BCUT2D eigenvalue weighted by atomic mass is 32.2. The number of amides is 2. The van der Waals surface area contributed by atoms with E-state index in [1.807, 2.05) is 59.7 Å². The molecule has 1 unspecified atom stereocenters. The van der Waals surface area contributed by atoms with Gasteiger partial charge in [-0.3, -0.25) is 14.2 Å². The van der Waals surface area contributed by atoms with Gasteiger partial charge in [-0.2, -0.15) is 0 Å². The third-order valence-corrected chi connectivity index (χ3v) is 8.37. The van der Waals surface area contributed by atoms with Crippen LogP contribution < -0.4 is 0 Å². The highest BCUT2D eigenvalue weighted by molar-refractivity contribution is 7.99. The maximum Gasteiger partial charge on any atom is 0.254 e. The molecular formula is C28H28FN5O2S2. The lowest BCUT2D eigenvalue weighted by Crippen LogP contribution is -2.55. The van der Waals surface area contributed by atoms with Crippen LogP contribution in [0.15, 0.2) is 77.3 Å². The summed E-state index contributed by atoms with van der Waals surface area (Å²) < 4.78 is 15.3. The summed E-state index contributed by atoms with van der Waals surface area (Å²) in [6.07, 6.45) is 1.14. The molecule has 38 heavy (non-hydrogen) atoms. The first-order chi connectivity index (χ1) is 18.5. The summed E-state index contributed by atoms with van der Waals surface area (Å²) >= 11 is 3.22. The lowest BCUT2D eigenvalue weighted by molar-refractivity contribution is -0.133. The number of piperazine rings is 1. The van der Waals surface area contributed by atoms with Gasteiger partial charge in [0.1, 0.15) is 5.82 Å². The number of rotatable bonds is 8. The number of carbonyl (C=O) groups is 2. The van der Waals surface area contributed by atoms with Crippen LogP contribution in [0, 0.1) is 5.82 Å². The average molecular weight is 550 g/mol. The number of thioether (sulfide) groups is 1. The number of aromatic nitrogens is 3. The van der Waals surface area contributed by atoms with E-state index in [9.17, 15) is 14.0 Å². The van der Waals surface area contributed by atoms with Gasteiger partial charge in [-0.05, 0) is 61.2 Å². The van der Waals surface area contributed by atoms with Crippen LogP contribution >= 0.6 is 23.1 Å². The SMILES string of the molecule is CC1CN(C(=O)CCCSc2nnc(-c3cccs3)n2-c2ccccc2)CCN1C(=O)c1ccc(F)cc1. The number of para-hydroxylation sites is 1. The molecule has 7 nitrogen and oxygen atoms in total. The molecule has 0 aliphatic carbocycles. The molecule has 196 valence electrons. The van der Waals surface area contributed by atoms with E-state index in [1.54, 1.807) is 28.0 Å². The van der Waals surface area contributed by atoms with Crippen LogP contribution in [0.25, 0.3) is 16.4 Å². The van der Waals surface area contributed by atoms with Crippen molar-refractivity contribution < 1.29 is 14.0 Å². The zero-order valence-electron chi connectivity index (χ0n) is 21.0. The van der Waals surface area contributed by atoms with Crippen molar-refractivity contribution in [2.24, 2.45) is 0 Å². The van der Waals surface area contributed by atoms with Crippen LogP contribution in [-0.4, -0.2) is 67.8 Å². The van der Waals surface area contributed by atoms with Crippen molar-refractivity contribution in [2.45, 2.75) is 31.0 Å². The highest BCUT2D eigenvalue weighted by Crippen LogP contribution is 2.30. The van der Waals surface area contributed by atoms with E-state index in [0.717, 1.165) is 27.3 Å². The summed E-state index contributed by atoms with van der Waals surface area (Å²) in [5, 5.41) is 11.7. The summed E-state index contributed by atoms with van der Waals surface area (Å²) in [6.45, 7) is 3.39. The Bertz CT molecular complexity index is 1380. The zero-order chi connectivity index (χ0) is 26.5. The maximum absolute atomic E-state index is 13.2. The molecule has 1 fully saturated rings. The van der Waals surface area contributed by atoms with Crippen LogP contribution in [-0.2, 0) is 4.79 Å². The Hall–Kier alpha value is -3.50. The molecule has 0 N–H and O–H groups in total.